The lowest BCUT2D eigenvalue weighted by Gasteiger charge is -2.19. The van der Waals surface area contributed by atoms with Gasteiger partial charge in [-0.3, -0.25) is 9.59 Å². The van der Waals surface area contributed by atoms with Crippen molar-refractivity contribution in [2.24, 2.45) is 5.92 Å². The number of aryl methyl sites for hydroxylation is 1. The molecule has 1 saturated carbocycles. The van der Waals surface area contributed by atoms with E-state index >= 15 is 0 Å². The number of carbonyl (C=O) groups is 2. The van der Waals surface area contributed by atoms with E-state index in [0.717, 1.165) is 18.4 Å². The van der Waals surface area contributed by atoms with Gasteiger partial charge < -0.3 is 15.2 Å². The number of carbonyl (C=O) groups excluding carboxylic acids is 1. The molecule has 2 atom stereocenters. The van der Waals surface area contributed by atoms with Crippen molar-refractivity contribution < 1.29 is 37.0 Å². The molecule has 1 aliphatic rings. The van der Waals surface area contributed by atoms with Gasteiger partial charge in [0.05, 0.1) is 24.6 Å². The van der Waals surface area contributed by atoms with Crippen LogP contribution in [0.4, 0.5) is 23.2 Å². The molecule has 0 aliphatic heterocycles. The van der Waals surface area contributed by atoms with E-state index in [2.05, 4.69) is 5.32 Å². The van der Waals surface area contributed by atoms with Gasteiger partial charge in [0.2, 0.25) is 5.91 Å². The number of anilines is 1. The summed E-state index contributed by atoms with van der Waals surface area (Å²) in [5.41, 5.74) is 1.90. The van der Waals surface area contributed by atoms with Gasteiger partial charge >= 0.3 is 12.1 Å². The molecule has 2 aromatic carbocycles. The molecule has 0 bridgehead atoms. The van der Waals surface area contributed by atoms with E-state index in [0.29, 0.717) is 18.4 Å². The van der Waals surface area contributed by atoms with Crippen LogP contribution in [0, 0.1) is 11.7 Å². The summed E-state index contributed by atoms with van der Waals surface area (Å²) >= 11 is 0. The van der Waals surface area contributed by atoms with Crippen molar-refractivity contribution in [3.8, 4) is 5.75 Å². The Morgan fingerprint density at radius 2 is 1.89 bits per heavy atom. The van der Waals surface area contributed by atoms with E-state index < -0.39 is 36.2 Å². The molecular weight excluding hydrogens is 466 g/mol. The number of hydrogen-bond acceptors (Lipinski definition) is 3. The van der Waals surface area contributed by atoms with Crippen LogP contribution in [0.5, 0.6) is 5.75 Å². The second kappa shape index (κ2) is 11.6. The SMILES string of the molecule is CCCCc1cc([C@@H]2C[C@@H]2C(=O)O)cc(NC(=O)Cc2ccccc2F)c1OCCCC(F)(F)F. The molecule has 2 aromatic rings. The molecule has 3 rings (SSSR count). The average molecular weight is 496 g/mol. The monoisotopic (exact) mass is 495 g/mol. The van der Waals surface area contributed by atoms with Gasteiger partial charge in [-0.15, -0.1) is 0 Å². The normalized spacial score (nSPS) is 17.2. The first kappa shape index (κ1) is 26.5. The Labute approximate surface area is 201 Å². The average Bonchev–Trinajstić information content (AvgIpc) is 3.58. The van der Waals surface area contributed by atoms with Gasteiger partial charge in [0.1, 0.15) is 11.6 Å². The van der Waals surface area contributed by atoms with Crippen LogP contribution in [0.1, 0.15) is 61.6 Å². The zero-order valence-corrected chi connectivity index (χ0v) is 19.5. The van der Waals surface area contributed by atoms with Crippen molar-refractivity contribution in [1.29, 1.82) is 0 Å². The van der Waals surface area contributed by atoms with Gasteiger partial charge in [0, 0.05) is 6.42 Å². The quantitative estimate of drug-likeness (QED) is 0.269. The number of ether oxygens (including phenoxy) is 1. The summed E-state index contributed by atoms with van der Waals surface area (Å²) in [6.07, 6.45) is -3.12. The standard InChI is InChI=1S/C26H29F4NO4/c1-2-3-7-17-12-18(19-15-20(19)25(33)34)13-22(24(17)35-11-6-10-26(28,29)30)31-23(32)14-16-8-4-5-9-21(16)27/h4-5,8-9,12-13,19-20H,2-3,6-7,10-11,14-15H2,1H3,(H,31,32)(H,33,34)/t19-,20-/m0/s1. The summed E-state index contributed by atoms with van der Waals surface area (Å²) in [6.45, 7) is 1.79. The largest absolute Gasteiger partial charge is 0.491 e. The number of benzene rings is 2. The first-order chi connectivity index (χ1) is 16.6. The topological polar surface area (TPSA) is 75.6 Å². The molecular formula is C26H29F4NO4. The smallest absolute Gasteiger partial charge is 0.389 e. The summed E-state index contributed by atoms with van der Waals surface area (Å²) in [4.78, 5) is 24.2. The van der Waals surface area contributed by atoms with Crippen LogP contribution in [0.15, 0.2) is 36.4 Å². The highest BCUT2D eigenvalue weighted by Gasteiger charge is 2.44. The molecule has 0 unspecified atom stereocenters. The van der Waals surface area contributed by atoms with E-state index in [1.807, 2.05) is 13.0 Å². The maximum absolute atomic E-state index is 14.0. The molecule has 190 valence electrons. The molecule has 0 radical (unpaired) electrons. The van der Waals surface area contributed by atoms with Crippen LogP contribution in [0.2, 0.25) is 0 Å². The predicted octanol–water partition coefficient (Wildman–Crippen LogP) is 6.26. The van der Waals surface area contributed by atoms with Gasteiger partial charge in [-0.05, 0) is 60.4 Å². The molecule has 9 heteroatoms. The number of unbranched alkanes of at least 4 members (excludes halogenated alkanes) is 1. The van der Waals surface area contributed by atoms with Crippen molar-refractivity contribution in [1.82, 2.24) is 0 Å². The van der Waals surface area contributed by atoms with Crippen LogP contribution in [0.25, 0.3) is 0 Å². The van der Waals surface area contributed by atoms with Gasteiger partial charge in [-0.1, -0.05) is 37.6 Å². The van der Waals surface area contributed by atoms with Gasteiger partial charge in [-0.2, -0.15) is 13.2 Å². The highest BCUT2D eigenvalue weighted by atomic mass is 19.4. The van der Waals surface area contributed by atoms with Gasteiger partial charge in [0.15, 0.2) is 0 Å². The number of amides is 1. The molecule has 1 amide bonds. The van der Waals surface area contributed by atoms with Crippen LogP contribution in [0.3, 0.4) is 0 Å². The van der Waals surface area contributed by atoms with Crippen LogP contribution in [-0.4, -0.2) is 29.8 Å². The summed E-state index contributed by atoms with van der Waals surface area (Å²) in [7, 11) is 0. The number of aliphatic carboxylic acids is 1. The lowest BCUT2D eigenvalue weighted by atomic mass is 9.99. The number of carboxylic acid groups (broad SMARTS) is 1. The van der Waals surface area contributed by atoms with Crippen molar-refractivity contribution in [2.75, 3.05) is 11.9 Å². The number of alkyl halides is 3. The van der Waals surface area contributed by atoms with E-state index in [9.17, 15) is 32.3 Å². The third kappa shape index (κ3) is 7.70. The summed E-state index contributed by atoms with van der Waals surface area (Å²) in [5.74, 6) is -2.39. The fraction of sp³-hybridized carbons (Fsp3) is 0.462. The third-order valence-corrected chi connectivity index (χ3v) is 5.96. The Bertz CT molecular complexity index is 1050. The molecule has 0 aromatic heterocycles. The predicted molar refractivity (Wildman–Crippen MR) is 123 cm³/mol. The van der Waals surface area contributed by atoms with E-state index in [1.165, 1.54) is 18.2 Å². The minimum absolute atomic E-state index is 0.199. The minimum atomic E-state index is -4.30. The fourth-order valence-corrected chi connectivity index (χ4v) is 4.04. The van der Waals surface area contributed by atoms with E-state index in [4.69, 9.17) is 4.74 Å². The molecule has 0 heterocycles. The maximum atomic E-state index is 14.0. The van der Waals surface area contributed by atoms with Crippen molar-refractivity contribution in [2.45, 2.75) is 64.0 Å². The second-order valence-corrected chi connectivity index (χ2v) is 8.83. The van der Waals surface area contributed by atoms with Crippen molar-refractivity contribution in [3.63, 3.8) is 0 Å². The fourth-order valence-electron chi connectivity index (χ4n) is 4.04. The zero-order valence-electron chi connectivity index (χ0n) is 19.5. The van der Waals surface area contributed by atoms with Crippen LogP contribution >= 0.6 is 0 Å². The number of halogens is 4. The van der Waals surface area contributed by atoms with Crippen LogP contribution in [-0.2, 0) is 22.4 Å². The Morgan fingerprint density at radius 1 is 1.14 bits per heavy atom. The highest BCUT2D eigenvalue weighted by molar-refractivity contribution is 5.94. The number of carboxylic acids is 1. The highest BCUT2D eigenvalue weighted by Crippen LogP contribution is 2.49. The Hall–Kier alpha value is -3.10. The summed E-state index contributed by atoms with van der Waals surface area (Å²) < 4.78 is 57.5. The molecule has 1 fully saturated rings. The summed E-state index contributed by atoms with van der Waals surface area (Å²) in [6, 6.07) is 9.33. The summed E-state index contributed by atoms with van der Waals surface area (Å²) in [5, 5.41) is 12.1. The third-order valence-electron chi connectivity index (χ3n) is 5.96. The Balaban J connectivity index is 1.88. The Kier molecular flexibility index (Phi) is 8.75. The molecule has 5 nitrogen and oxygen atoms in total. The maximum Gasteiger partial charge on any atom is 0.389 e. The molecule has 1 aliphatic carbocycles. The zero-order chi connectivity index (χ0) is 25.6. The van der Waals surface area contributed by atoms with Crippen LogP contribution < -0.4 is 10.1 Å². The lowest BCUT2D eigenvalue weighted by molar-refractivity contribution is -0.139. The second-order valence-electron chi connectivity index (χ2n) is 8.83. The molecule has 35 heavy (non-hydrogen) atoms. The first-order valence-electron chi connectivity index (χ1n) is 11.7. The van der Waals surface area contributed by atoms with E-state index in [1.54, 1.807) is 12.1 Å². The van der Waals surface area contributed by atoms with Gasteiger partial charge in [-0.25, -0.2) is 4.39 Å². The van der Waals surface area contributed by atoms with Crippen molar-refractivity contribution >= 4 is 17.6 Å². The Morgan fingerprint density at radius 3 is 2.51 bits per heavy atom. The minimum Gasteiger partial charge on any atom is -0.491 e. The number of nitrogens with one attached hydrogen (secondary N) is 1. The number of hydrogen-bond donors (Lipinski definition) is 2. The van der Waals surface area contributed by atoms with E-state index in [-0.39, 0.29) is 42.4 Å². The lowest BCUT2D eigenvalue weighted by Crippen LogP contribution is -2.17. The van der Waals surface area contributed by atoms with Crippen molar-refractivity contribution in [3.05, 3.63) is 58.9 Å². The van der Waals surface area contributed by atoms with Gasteiger partial charge in [0.25, 0.3) is 0 Å². The molecule has 2 N–H and O–H groups in total. The molecule has 0 saturated heterocycles. The first-order valence-corrected chi connectivity index (χ1v) is 11.7. The molecule has 0 spiro atoms. The number of rotatable bonds is 12.